The molecule has 3 heterocycles. The maximum atomic E-state index is 9.49. The fourth-order valence-corrected chi connectivity index (χ4v) is 3.44. The molecule has 2 aromatic heterocycles. The quantitative estimate of drug-likeness (QED) is 0.666. The van der Waals surface area contributed by atoms with E-state index >= 15 is 0 Å². The lowest BCUT2D eigenvalue weighted by Crippen LogP contribution is -2.23. The van der Waals surface area contributed by atoms with Crippen LogP contribution in [0.1, 0.15) is 30.9 Å². The van der Waals surface area contributed by atoms with Crippen LogP contribution in [0.4, 0.5) is 5.82 Å². The first-order valence-electron chi connectivity index (χ1n) is 7.49. The Morgan fingerprint density at radius 2 is 2.22 bits per heavy atom. The summed E-state index contributed by atoms with van der Waals surface area (Å²) in [5.74, 6) is 0.419. The Hall–Kier alpha value is -1.67. The van der Waals surface area contributed by atoms with Gasteiger partial charge < -0.3 is 5.73 Å². The monoisotopic (exact) mass is 348 g/mol. The number of nitrogens with two attached hydrogens (primary N) is 1. The van der Waals surface area contributed by atoms with Crippen LogP contribution in [-0.2, 0) is 0 Å². The van der Waals surface area contributed by atoms with E-state index in [0.717, 1.165) is 37.9 Å². The molecule has 0 bridgehead atoms. The van der Waals surface area contributed by atoms with E-state index in [-0.39, 0.29) is 6.04 Å². The van der Waals surface area contributed by atoms with Crippen molar-refractivity contribution in [2.45, 2.75) is 25.3 Å². The van der Waals surface area contributed by atoms with Gasteiger partial charge in [0.25, 0.3) is 0 Å². The molecule has 8 heteroatoms. The van der Waals surface area contributed by atoms with Gasteiger partial charge in [-0.3, -0.25) is 4.67 Å². The van der Waals surface area contributed by atoms with E-state index in [0.29, 0.717) is 22.2 Å². The Bertz CT molecular complexity index is 736. The number of nitrogen functional groups attached to an aromatic ring is 1. The summed E-state index contributed by atoms with van der Waals surface area (Å²) in [6.45, 7) is 1.89. The van der Waals surface area contributed by atoms with Crippen molar-refractivity contribution in [1.82, 2.24) is 19.4 Å². The largest absolute Gasteiger partial charge is 0.383 e. The summed E-state index contributed by atoms with van der Waals surface area (Å²) in [6.07, 6.45) is 4.89. The number of halogens is 1. The van der Waals surface area contributed by atoms with Crippen molar-refractivity contribution >= 4 is 26.8 Å². The molecule has 2 unspecified atom stereocenters. The van der Waals surface area contributed by atoms with Crippen LogP contribution >= 0.6 is 21.0 Å². The van der Waals surface area contributed by atoms with E-state index in [9.17, 15) is 5.26 Å². The van der Waals surface area contributed by atoms with Gasteiger partial charge in [0.15, 0.2) is 0 Å². The molecule has 23 heavy (non-hydrogen) atoms. The zero-order valence-corrected chi connectivity index (χ0v) is 14.5. The average molecular weight is 349 g/mol. The minimum atomic E-state index is 0.163. The van der Waals surface area contributed by atoms with Gasteiger partial charge in [-0.05, 0) is 31.4 Å². The summed E-state index contributed by atoms with van der Waals surface area (Å²) in [4.78, 5) is 4.06. The summed E-state index contributed by atoms with van der Waals surface area (Å²) in [5.41, 5.74) is 7.92. The molecule has 3 rings (SSSR count). The lowest BCUT2D eigenvalue weighted by molar-refractivity contribution is 0.368. The van der Waals surface area contributed by atoms with E-state index in [1.54, 1.807) is 23.0 Å². The molecule has 1 aliphatic rings. The standard InChI is InChI=1S/C15H18ClN6P/c16-13-5-4-10(8-19-13)14-12(7-17)15(18)22(20-14)11-3-1-2-6-21(23)9-11/h4-5,8,11H,1-3,6,9,18,23H2. The summed E-state index contributed by atoms with van der Waals surface area (Å²) in [7, 11) is 2.75. The molecule has 0 radical (unpaired) electrons. The normalized spacial score (nSPS) is 19.3. The van der Waals surface area contributed by atoms with Crippen LogP contribution in [0.3, 0.4) is 0 Å². The molecular weight excluding hydrogens is 331 g/mol. The maximum absolute atomic E-state index is 9.49. The van der Waals surface area contributed by atoms with Gasteiger partial charge in [-0.25, -0.2) is 9.67 Å². The van der Waals surface area contributed by atoms with Crippen LogP contribution in [0.5, 0.6) is 0 Å². The minimum absolute atomic E-state index is 0.163. The van der Waals surface area contributed by atoms with Gasteiger partial charge in [0, 0.05) is 24.8 Å². The lowest BCUT2D eigenvalue weighted by atomic mass is 10.1. The zero-order valence-electron chi connectivity index (χ0n) is 12.6. The Balaban J connectivity index is 2.02. The van der Waals surface area contributed by atoms with Crippen molar-refractivity contribution in [3.63, 3.8) is 0 Å². The van der Waals surface area contributed by atoms with E-state index in [2.05, 4.69) is 30.2 Å². The van der Waals surface area contributed by atoms with Gasteiger partial charge in [0.05, 0.1) is 6.04 Å². The first kappa shape index (κ1) is 16.2. The highest BCUT2D eigenvalue weighted by Crippen LogP contribution is 2.31. The van der Waals surface area contributed by atoms with E-state index in [1.807, 2.05) is 0 Å². The third-order valence-corrected chi connectivity index (χ3v) is 4.78. The van der Waals surface area contributed by atoms with Crippen molar-refractivity contribution in [3.8, 4) is 17.3 Å². The predicted molar refractivity (Wildman–Crippen MR) is 93.8 cm³/mol. The Morgan fingerprint density at radius 3 is 2.91 bits per heavy atom. The van der Waals surface area contributed by atoms with Crippen molar-refractivity contribution in [3.05, 3.63) is 29.0 Å². The number of rotatable bonds is 2. The van der Waals surface area contributed by atoms with Crippen LogP contribution in [0.2, 0.25) is 5.15 Å². The first-order valence-corrected chi connectivity index (χ1v) is 8.39. The molecule has 1 fully saturated rings. The smallest absolute Gasteiger partial charge is 0.140 e. The fourth-order valence-electron chi connectivity index (χ4n) is 2.90. The van der Waals surface area contributed by atoms with Crippen LogP contribution in [-0.4, -0.2) is 32.5 Å². The van der Waals surface area contributed by atoms with E-state index in [4.69, 9.17) is 17.3 Å². The molecule has 0 saturated carbocycles. The molecule has 6 nitrogen and oxygen atoms in total. The fraction of sp³-hybridized carbons (Fsp3) is 0.400. The molecule has 0 spiro atoms. The average Bonchev–Trinajstić information content (AvgIpc) is 2.72. The Morgan fingerprint density at radius 1 is 1.39 bits per heavy atom. The highest BCUT2D eigenvalue weighted by atomic mass is 35.5. The number of hydrogen-bond donors (Lipinski definition) is 1. The van der Waals surface area contributed by atoms with Crippen molar-refractivity contribution < 1.29 is 0 Å². The van der Waals surface area contributed by atoms with Crippen LogP contribution in [0.25, 0.3) is 11.3 Å². The van der Waals surface area contributed by atoms with Crippen molar-refractivity contribution in [2.75, 3.05) is 18.8 Å². The number of nitriles is 1. The molecule has 2 atom stereocenters. The third-order valence-electron chi connectivity index (χ3n) is 4.08. The molecule has 2 N–H and O–H groups in total. The number of pyridine rings is 1. The minimum Gasteiger partial charge on any atom is -0.383 e. The number of anilines is 1. The van der Waals surface area contributed by atoms with Gasteiger partial charge in [0.2, 0.25) is 0 Å². The first-order chi connectivity index (χ1) is 11.1. The predicted octanol–water partition coefficient (Wildman–Crippen LogP) is 2.87. The van der Waals surface area contributed by atoms with Crippen molar-refractivity contribution in [1.29, 1.82) is 5.26 Å². The molecular formula is C15H18ClN6P. The molecule has 0 aliphatic carbocycles. The van der Waals surface area contributed by atoms with Gasteiger partial charge in [-0.2, -0.15) is 10.4 Å². The lowest BCUT2D eigenvalue weighted by Gasteiger charge is -2.21. The van der Waals surface area contributed by atoms with Crippen LogP contribution in [0.15, 0.2) is 18.3 Å². The topological polar surface area (TPSA) is 83.8 Å². The SMILES string of the molecule is N#Cc1c(-c2ccc(Cl)nc2)nn(C2CCCCN(P)C2)c1N. The summed E-state index contributed by atoms with van der Waals surface area (Å²) in [5, 5.41) is 14.5. The van der Waals surface area contributed by atoms with Crippen LogP contribution < -0.4 is 5.73 Å². The molecule has 2 aromatic rings. The number of nitrogens with zero attached hydrogens (tertiary/aromatic N) is 5. The van der Waals surface area contributed by atoms with Gasteiger partial charge in [0.1, 0.15) is 28.3 Å². The Kier molecular flexibility index (Phi) is 4.82. The molecule has 1 aliphatic heterocycles. The second-order valence-electron chi connectivity index (χ2n) is 5.68. The second-order valence-corrected chi connectivity index (χ2v) is 6.80. The molecule has 0 aromatic carbocycles. The van der Waals surface area contributed by atoms with Gasteiger partial charge >= 0.3 is 0 Å². The zero-order chi connectivity index (χ0) is 16.4. The highest BCUT2D eigenvalue weighted by Gasteiger charge is 2.24. The summed E-state index contributed by atoms with van der Waals surface area (Å²) in [6, 6.07) is 5.83. The molecule has 0 amide bonds. The van der Waals surface area contributed by atoms with Crippen molar-refractivity contribution in [2.24, 2.45) is 0 Å². The summed E-state index contributed by atoms with van der Waals surface area (Å²) >= 11 is 5.83. The van der Waals surface area contributed by atoms with Gasteiger partial charge in [-0.15, -0.1) is 0 Å². The van der Waals surface area contributed by atoms with Gasteiger partial charge in [-0.1, -0.05) is 21.0 Å². The highest BCUT2D eigenvalue weighted by molar-refractivity contribution is 7.13. The molecule has 1 saturated heterocycles. The number of hydrogen-bond acceptors (Lipinski definition) is 5. The van der Waals surface area contributed by atoms with E-state index < -0.39 is 0 Å². The molecule has 120 valence electrons. The summed E-state index contributed by atoms with van der Waals surface area (Å²) < 4.78 is 4.00. The maximum Gasteiger partial charge on any atom is 0.140 e. The van der Waals surface area contributed by atoms with E-state index in [1.165, 1.54) is 0 Å². The third kappa shape index (κ3) is 3.32. The number of aromatic nitrogens is 3. The Labute approximate surface area is 142 Å². The second kappa shape index (κ2) is 6.84. The van der Waals surface area contributed by atoms with Crippen LogP contribution in [0, 0.1) is 11.3 Å².